The largest absolute Gasteiger partial charge is 0.486 e. The Labute approximate surface area is 206 Å². The number of ether oxygens (including phenoxy) is 2. The van der Waals surface area contributed by atoms with Gasteiger partial charge in [0.25, 0.3) is 0 Å². The van der Waals surface area contributed by atoms with Crippen molar-refractivity contribution < 1.29 is 29.3 Å². The number of carbonyl (C=O) groups excluding carboxylic acids is 2. The Morgan fingerprint density at radius 1 is 1.23 bits per heavy atom. The number of aliphatic hydroxyl groups excluding tert-OH is 2. The van der Waals surface area contributed by atoms with Crippen LogP contribution in [-0.4, -0.2) is 78.6 Å². The number of para-hydroxylation sites is 1. The van der Waals surface area contributed by atoms with E-state index >= 15 is 0 Å². The second kappa shape index (κ2) is 10.3. The fourth-order valence-corrected chi connectivity index (χ4v) is 6.79. The van der Waals surface area contributed by atoms with Crippen molar-refractivity contribution in [1.29, 1.82) is 0 Å². The number of carbonyl (C=O) groups is 2. The Balaban J connectivity index is 1.45. The van der Waals surface area contributed by atoms with Gasteiger partial charge in [0.1, 0.15) is 18.0 Å². The van der Waals surface area contributed by atoms with E-state index in [0.717, 1.165) is 17.9 Å². The number of methoxy groups -OCH3 is 1. The zero-order valence-electron chi connectivity index (χ0n) is 20.3. The van der Waals surface area contributed by atoms with E-state index in [0.29, 0.717) is 42.7 Å². The first-order chi connectivity index (χ1) is 17.0. The van der Waals surface area contributed by atoms with E-state index in [1.165, 1.54) is 19.3 Å². The highest BCUT2D eigenvalue weighted by atomic mass is 16.5. The van der Waals surface area contributed by atoms with Gasteiger partial charge < -0.3 is 29.9 Å². The lowest BCUT2D eigenvalue weighted by Crippen LogP contribution is -2.56. The fourth-order valence-electron chi connectivity index (χ4n) is 6.79. The molecule has 2 amide bonds. The Morgan fingerprint density at radius 3 is 2.77 bits per heavy atom. The van der Waals surface area contributed by atoms with Crippen LogP contribution in [0.2, 0.25) is 0 Å². The van der Waals surface area contributed by atoms with Crippen LogP contribution in [0.1, 0.15) is 43.6 Å². The standard InChI is InChI=1S/C27H36N2O6/c1-34-11-9-29(23(31)14-18-13-16-6-7-17(18)12-16)21-15-20(27(33)28-8-10-30)24-19-4-2-3-5-22(19)35-26(24)25(21)32/h2-5,15-18,21,24-26,30,32H,6-14H2,1H3,(H,28,33). The lowest BCUT2D eigenvalue weighted by molar-refractivity contribution is -0.139. The van der Waals surface area contributed by atoms with Gasteiger partial charge in [-0.2, -0.15) is 0 Å². The third-order valence-electron chi connectivity index (χ3n) is 8.41. The minimum Gasteiger partial charge on any atom is -0.486 e. The molecule has 1 aliphatic heterocycles. The van der Waals surface area contributed by atoms with Gasteiger partial charge in [0.15, 0.2) is 0 Å². The highest BCUT2D eigenvalue weighted by molar-refractivity contribution is 5.96. The van der Waals surface area contributed by atoms with Crippen LogP contribution in [0.25, 0.3) is 0 Å². The van der Waals surface area contributed by atoms with Gasteiger partial charge in [-0.3, -0.25) is 9.59 Å². The topological polar surface area (TPSA) is 108 Å². The second-order valence-electron chi connectivity index (χ2n) is 10.4. The molecular formula is C27H36N2O6. The fraction of sp³-hybridized carbons (Fsp3) is 0.630. The van der Waals surface area contributed by atoms with Crippen LogP contribution in [0.5, 0.6) is 5.75 Å². The van der Waals surface area contributed by atoms with Crippen LogP contribution in [0.4, 0.5) is 0 Å². The van der Waals surface area contributed by atoms with Crippen molar-refractivity contribution in [3.63, 3.8) is 0 Å². The van der Waals surface area contributed by atoms with Crippen LogP contribution in [-0.2, 0) is 14.3 Å². The van der Waals surface area contributed by atoms with E-state index in [2.05, 4.69) is 5.32 Å². The molecule has 2 bridgehead atoms. The van der Waals surface area contributed by atoms with Crippen molar-refractivity contribution in [2.24, 2.45) is 17.8 Å². The third kappa shape index (κ3) is 4.59. The number of nitrogens with zero attached hydrogens (tertiary/aromatic N) is 1. The number of hydrogen-bond donors (Lipinski definition) is 3. The quantitative estimate of drug-likeness (QED) is 0.492. The lowest BCUT2D eigenvalue weighted by Gasteiger charge is -2.41. The first-order valence-electron chi connectivity index (χ1n) is 12.8. The summed E-state index contributed by atoms with van der Waals surface area (Å²) >= 11 is 0. The van der Waals surface area contributed by atoms with Crippen molar-refractivity contribution >= 4 is 11.8 Å². The van der Waals surface area contributed by atoms with Gasteiger partial charge in [-0.05, 0) is 49.2 Å². The Hall–Kier alpha value is -2.42. The molecule has 8 nitrogen and oxygen atoms in total. The average molecular weight is 485 g/mol. The molecule has 3 aliphatic carbocycles. The maximum absolute atomic E-state index is 13.6. The van der Waals surface area contributed by atoms with Gasteiger partial charge in [-0.1, -0.05) is 24.6 Å². The summed E-state index contributed by atoms with van der Waals surface area (Å²) in [5, 5.41) is 23.5. The molecule has 1 aromatic carbocycles. The Bertz CT molecular complexity index is 980. The molecule has 4 aliphatic rings. The maximum atomic E-state index is 13.6. The lowest BCUT2D eigenvalue weighted by atomic mass is 9.77. The third-order valence-corrected chi connectivity index (χ3v) is 8.41. The molecule has 0 aromatic heterocycles. The normalized spacial score (nSPS) is 32.4. The van der Waals surface area contributed by atoms with Gasteiger partial charge in [0.2, 0.25) is 11.8 Å². The average Bonchev–Trinajstić information content (AvgIpc) is 3.58. The molecule has 8 heteroatoms. The van der Waals surface area contributed by atoms with Gasteiger partial charge in [0.05, 0.1) is 25.2 Å². The molecule has 0 spiro atoms. The predicted molar refractivity (Wildman–Crippen MR) is 129 cm³/mol. The SMILES string of the molecule is COCCN(C(=O)CC1CC2CCC1C2)C1C=C(C(=O)NCCO)C2c3ccccc3OC2C1O. The summed E-state index contributed by atoms with van der Waals surface area (Å²) in [7, 11) is 1.59. The van der Waals surface area contributed by atoms with Crippen LogP contribution < -0.4 is 10.1 Å². The second-order valence-corrected chi connectivity index (χ2v) is 10.4. The van der Waals surface area contributed by atoms with Crippen LogP contribution in [0.15, 0.2) is 35.9 Å². The minimum absolute atomic E-state index is 0.0102. The van der Waals surface area contributed by atoms with Crippen LogP contribution in [0, 0.1) is 17.8 Å². The molecule has 5 rings (SSSR count). The molecule has 2 fully saturated rings. The molecule has 35 heavy (non-hydrogen) atoms. The van der Waals surface area contributed by atoms with Crippen molar-refractivity contribution in [3.8, 4) is 5.75 Å². The summed E-state index contributed by atoms with van der Waals surface area (Å²) in [4.78, 5) is 28.5. The van der Waals surface area contributed by atoms with Gasteiger partial charge in [-0.25, -0.2) is 0 Å². The van der Waals surface area contributed by atoms with E-state index in [9.17, 15) is 19.8 Å². The Morgan fingerprint density at radius 2 is 2.06 bits per heavy atom. The molecule has 3 N–H and O–H groups in total. The maximum Gasteiger partial charge on any atom is 0.247 e. The molecule has 0 saturated heterocycles. The monoisotopic (exact) mass is 484 g/mol. The summed E-state index contributed by atoms with van der Waals surface area (Å²) in [5.74, 6) is 1.63. The van der Waals surface area contributed by atoms with E-state index in [4.69, 9.17) is 9.47 Å². The summed E-state index contributed by atoms with van der Waals surface area (Å²) in [6, 6.07) is 6.78. The van der Waals surface area contributed by atoms with E-state index in [1.54, 1.807) is 18.1 Å². The van der Waals surface area contributed by atoms with Crippen molar-refractivity contribution in [1.82, 2.24) is 10.2 Å². The number of rotatable bonds is 9. The summed E-state index contributed by atoms with van der Waals surface area (Å²) in [6.07, 6.45) is 5.34. The number of aliphatic hydroxyl groups is 2. The number of nitrogens with one attached hydrogen (secondary N) is 1. The van der Waals surface area contributed by atoms with E-state index < -0.39 is 24.2 Å². The van der Waals surface area contributed by atoms with Crippen molar-refractivity contribution in [2.75, 3.05) is 33.4 Å². The smallest absolute Gasteiger partial charge is 0.247 e. The number of benzene rings is 1. The predicted octanol–water partition coefficient (Wildman–Crippen LogP) is 1.61. The zero-order valence-corrected chi connectivity index (χ0v) is 20.3. The van der Waals surface area contributed by atoms with E-state index in [1.807, 2.05) is 24.3 Å². The van der Waals surface area contributed by atoms with Crippen molar-refractivity contribution in [3.05, 3.63) is 41.5 Å². The first kappa shape index (κ1) is 24.3. The zero-order chi connectivity index (χ0) is 24.5. The molecular weight excluding hydrogens is 448 g/mol. The summed E-state index contributed by atoms with van der Waals surface area (Å²) in [6.45, 7) is 0.610. The highest BCUT2D eigenvalue weighted by Gasteiger charge is 2.50. The van der Waals surface area contributed by atoms with Gasteiger partial charge in [-0.15, -0.1) is 0 Å². The minimum atomic E-state index is -0.998. The summed E-state index contributed by atoms with van der Waals surface area (Å²) < 4.78 is 11.5. The molecule has 2 saturated carbocycles. The molecule has 1 aromatic rings. The Kier molecular flexibility index (Phi) is 7.14. The van der Waals surface area contributed by atoms with E-state index in [-0.39, 0.29) is 25.0 Å². The number of hydrogen-bond acceptors (Lipinski definition) is 6. The molecule has 7 unspecified atom stereocenters. The van der Waals surface area contributed by atoms with Gasteiger partial charge in [0, 0.05) is 37.8 Å². The molecule has 1 heterocycles. The number of fused-ring (bicyclic) bond motifs is 5. The van der Waals surface area contributed by atoms with Gasteiger partial charge >= 0.3 is 0 Å². The first-order valence-corrected chi connectivity index (χ1v) is 12.8. The summed E-state index contributed by atoms with van der Waals surface area (Å²) in [5.41, 5.74) is 1.30. The molecule has 0 radical (unpaired) electrons. The molecule has 190 valence electrons. The van der Waals surface area contributed by atoms with Crippen molar-refractivity contribution in [2.45, 2.75) is 56.3 Å². The number of amides is 2. The highest BCUT2D eigenvalue weighted by Crippen LogP contribution is 2.50. The van der Waals surface area contributed by atoms with Crippen LogP contribution in [0.3, 0.4) is 0 Å². The van der Waals surface area contributed by atoms with Crippen LogP contribution >= 0.6 is 0 Å². The molecule has 7 atom stereocenters.